The summed E-state index contributed by atoms with van der Waals surface area (Å²) in [5.74, 6) is 1.06. The third kappa shape index (κ3) is 4.52. The van der Waals surface area contributed by atoms with Crippen molar-refractivity contribution in [1.82, 2.24) is 10.2 Å². The van der Waals surface area contributed by atoms with Gasteiger partial charge in [0.2, 0.25) is 5.91 Å². The molecule has 3 heteroatoms. The maximum atomic E-state index is 11.9. The van der Waals surface area contributed by atoms with E-state index in [0.29, 0.717) is 5.91 Å². The first-order valence-electron chi connectivity index (χ1n) is 6.76. The first-order valence-corrected chi connectivity index (χ1v) is 6.76. The third-order valence-electron chi connectivity index (χ3n) is 3.39. The normalized spacial score (nSPS) is 20.8. The van der Waals surface area contributed by atoms with E-state index in [0.717, 1.165) is 51.4 Å². The van der Waals surface area contributed by atoms with E-state index in [1.165, 1.54) is 12.8 Å². The summed E-state index contributed by atoms with van der Waals surface area (Å²) in [5.41, 5.74) is 0. The Morgan fingerprint density at radius 1 is 1.44 bits per heavy atom. The predicted octanol–water partition coefficient (Wildman–Crippen LogP) is 2.02. The van der Waals surface area contributed by atoms with E-state index in [-0.39, 0.29) is 0 Å². The number of piperidine rings is 1. The second-order valence-electron chi connectivity index (χ2n) is 4.72. The molecule has 3 nitrogen and oxygen atoms in total. The number of carbonyl (C=O) groups is 1. The average Bonchev–Trinajstić information content (AvgIpc) is 2.34. The van der Waals surface area contributed by atoms with E-state index in [9.17, 15) is 4.79 Å². The molecule has 1 heterocycles. The fourth-order valence-electron chi connectivity index (χ4n) is 2.39. The molecule has 0 aromatic rings. The van der Waals surface area contributed by atoms with Gasteiger partial charge in [0.05, 0.1) is 0 Å². The minimum Gasteiger partial charge on any atom is -0.343 e. The smallest absolute Gasteiger partial charge is 0.222 e. The minimum absolute atomic E-state index is 0.343. The first-order chi connectivity index (χ1) is 7.77. The van der Waals surface area contributed by atoms with Crippen molar-refractivity contribution in [2.45, 2.75) is 46.0 Å². The summed E-state index contributed by atoms with van der Waals surface area (Å²) in [7, 11) is 0. The van der Waals surface area contributed by atoms with Crippen LogP contribution in [0.25, 0.3) is 0 Å². The Hall–Kier alpha value is -0.570. The molecule has 16 heavy (non-hydrogen) atoms. The number of nitrogens with one attached hydrogen (secondary N) is 1. The van der Waals surface area contributed by atoms with Crippen LogP contribution in [0.4, 0.5) is 0 Å². The highest BCUT2D eigenvalue weighted by Gasteiger charge is 2.16. The molecule has 0 saturated carbocycles. The minimum atomic E-state index is 0.343. The zero-order chi connectivity index (χ0) is 11.8. The fraction of sp³-hybridized carbons (Fsp3) is 0.923. The van der Waals surface area contributed by atoms with Crippen LogP contribution >= 0.6 is 0 Å². The maximum absolute atomic E-state index is 11.9. The van der Waals surface area contributed by atoms with Crippen LogP contribution in [0.5, 0.6) is 0 Å². The summed E-state index contributed by atoms with van der Waals surface area (Å²) in [6, 6.07) is 0. The Morgan fingerprint density at radius 3 is 2.81 bits per heavy atom. The van der Waals surface area contributed by atoms with Crippen LogP contribution in [0.2, 0.25) is 0 Å². The number of rotatable bonds is 6. The molecule has 1 rings (SSSR count). The van der Waals surface area contributed by atoms with Crippen molar-refractivity contribution in [2.24, 2.45) is 5.92 Å². The van der Waals surface area contributed by atoms with Gasteiger partial charge in [0.15, 0.2) is 0 Å². The molecule has 0 aromatic heterocycles. The van der Waals surface area contributed by atoms with Crippen LogP contribution in [0.3, 0.4) is 0 Å². The van der Waals surface area contributed by atoms with Crippen molar-refractivity contribution in [3.8, 4) is 0 Å². The number of hydrogen-bond donors (Lipinski definition) is 1. The number of carbonyl (C=O) groups excluding carboxylic acids is 1. The van der Waals surface area contributed by atoms with Gasteiger partial charge in [0, 0.05) is 19.5 Å². The van der Waals surface area contributed by atoms with Gasteiger partial charge in [0.1, 0.15) is 0 Å². The zero-order valence-electron chi connectivity index (χ0n) is 10.8. The standard InChI is InChI=1S/C13H26N2O/c1-3-10-15(4-2)13(16)8-7-12-6-5-9-14-11-12/h12,14H,3-11H2,1-2H3. The Morgan fingerprint density at radius 2 is 2.25 bits per heavy atom. The van der Waals surface area contributed by atoms with Crippen LogP contribution in [0, 0.1) is 5.92 Å². The van der Waals surface area contributed by atoms with Gasteiger partial charge in [-0.3, -0.25) is 4.79 Å². The fourth-order valence-corrected chi connectivity index (χ4v) is 2.39. The lowest BCUT2D eigenvalue weighted by molar-refractivity contribution is -0.131. The van der Waals surface area contributed by atoms with Crippen molar-refractivity contribution in [3.63, 3.8) is 0 Å². The Kier molecular flexibility index (Phi) is 6.46. The predicted molar refractivity (Wildman–Crippen MR) is 67.4 cm³/mol. The van der Waals surface area contributed by atoms with Crippen molar-refractivity contribution in [3.05, 3.63) is 0 Å². The molecule has 1 amide bonds. The van der Waals surface area contributed by atoms with Gasteiger partial charge in [-0.05, 0) is 51.6 Å². The highest BCUT2D eigenvalue weighted by atomic mass is 16.2. The van der Waals surface area contributed by atoms with Gasteiger partial charge in [-0.15, -0.1) is 0 Å². The van der Waals surface area contributed by atoms with Crippen molar-refractivity contribution in [1.29, 1.82) is 0 Å². The van der Waals surface area contributed by atoms with E-state index >= 15 is 0 Å². The quantitative estimate of drug-likeness (QED) is 0.751. The average molecular weight is 226 g/mol. The third-order valence-corrected chi connectivity index (χ3v) is 3.39. The molecular weight excluding hydrogens is 200 g/mol. The first kappa shape index (κ1) is 13.5. The Balaban J connectivity index is 2.21. The number of hydrogen-bond acceptors (Lipinski definition) is 2. The maximum Gasteiger partial charge on any atom is 0.222 e. The lowest BCUT2D eigenvalue weighted by Crippen LogP contribution is -2.33. The van der Waals surface area contributed by atoms with E-state index in [4.69, 9.17) is 0 Å². The molecule has 94 valence electrons. The van der Waals surface area contributed by atoms with E-state index in [2.05, 4.69) is 19.2 Å². The van der Waals surface area contributed by atoms with E-state index in [1.807, 2.05) is 4.90 Å². The van der Waals surface area contributed by atoms with Gasteiger partial charge in [-0.25, -0.2) is 0 Å². The van der Waals surface area contributed by atoms with Crippen LogP contribution < -0.4 is 5.32 Å². The largest absolute Gasteiger partial charge is 0.343 e. The molecule has 0 radical (unpaired) electrons. The monoisotopic (exact) mass is 226 g/mol. The van der Waals surface area contributed by atoms with Crippen molar-refractivity contribution >= 4 is 5.91 Å². The Bertz CT molecular complexity index is 200. The van der Waals surface area contributed by atoms with Crippen LogP contribution in [-0.2, 0) is 4.79 Å². The van der Waals surface area contributed by atoms with Crippen LogP contribution in [0.15, 0.2) is 0 Å². The summed E-state index contributed by atoms with van der Waals surface area (Å²) < 4.78 is 0. The summed E-state index contributed by atoms with van der Waals surface area (Å²) in [5, 5.41) is 3.40. The second kappa shape index (κ2) is 7.66. The SMILES string of the molecule is CCCN(CC)C(=O)CCC1CCCNC1. The van der Waals surface area contributed by atoms with Gasteiger partial charge in [0.25, 0.3) is 0 Å². The second-order valence-corrected chi connectivity index (χ2v) is 4.72. The Labute approximate surface area is 99.6 Å². The zero-order valence-corrected chi connectivity index (χ0v) is 10.8. The van der Waals surface area contributed by atoms with Gasteiger partial charge in [-0.2, -0.15) is 0 Å². The van der Waals surface area contributed by atoms with E-state index < -0.39 is 0 Å². The van der Waals surface area contributed by atoms with Gasteiger partial charge >= 0.3 is 0 Å². The molecule has 1 N–H and O–H groups in total. The highest BCUT2D eigenvalue weighted by molar-refractivity contribution is 5.76. The molecule has 1 aliphatic heterocycles. The molecule has 0 bridgehead atoms. The number of nitrogens with zero attached hydrogens (tertiary/aromatic N) is 1. The molecule has 0 aromatic carbocycles. The summed E-state index contributed by atoms with van der Waals surface area (Å²) in [6.07, 6.45) is 5.42. The number of amides is 1. The van der Waals surface area contributed by atoms with Gasteiger partial charge < -0.3 is 10.2 Å². The van der Waals surface area contributed by atoms with Crippen molar-refractivity contribution in [2.75, 3.05) is 26.2 Å². The molecule has 1 fully saturated rings. The molecular formula is C13H26N2O. The summed E-state index contributed by atoms with van der Waals surface area (Å²) in [6.45, 7) is 8.22. The molecule has 0 aliphatic carbocycles. The van der Waals surface area contributed by atoms with Crippen LogP contribution in [-0.4, -0.2) is 37.0 Å². The van der Waals surface area contributed by atoms with Crippen LogP contribution in [0.1, 0.15) is 46.0 Å². The lowest BCUT2D eigenvalue weighted by atomic mass is 9.94. The van der Waals surface area contributed by atoms with Gasteiger partial charge in [-0.1, -0.05) is 6.92 Å². The molecule has 1 saturated heterocycles. The molecule has 0 spiro atoms. The summed E-state index contributed by atoms with van der Waals surface area (Å²) in [4.78, 5) is 13.9. The van der Waals surface area contributed by atoms with E-state index in [1.54, 1.807) is 0 Å². The van der Waals surface area contributed by atoms with Crippen molar-refractivity contribution < 1.29 is 4.79 Å². The molecule has 1 atom stereocenters. The molecule has 1 unspecified atom stereocenters. The topological polar surface area (TPSA) is 32.3 Å². The highest BCUT2D eigenvalue weighted by Crippen LogP contribution is 2.16. The summed E-state index contributed by atoms with van der Waals surface area (Å²) >= 11 is 0. The molecule has 1 aliphatic rings. The lowest BCUT2D eigenvalue weighted by Gasteiger charge is -2.24.